The monoisotopic (exact) mass is 136 g/mol. The summed E-state index contributed by atoms with van der Waals surface area (Å²) in [5, 5.41) is 0. The van der Waals surface area contributed by atoms with Crippen LogP contribution in [0.4, 0.5) is 0 Å². The molecule has 1 aromatic heterocycles. The van der Waals surface area contributed by atoms with E-state index in [9.17, 15) is 0 Å². The highest BCUT2D eigenvalue weighted by Gasteiger charge is 1.98. The van der Waals surface area contributed by atoms with Crippen molar-refractivity contribution in [1.29, 1.82) is 0 Å². The van der Waals surface area contributed by atoms with E-state index < -0.39 is 0 Å². The lowest BCUT2D eigenvalue weighted by atomic mass is 10.2. The van der Waals surface area contributed by atoms with Crippen molar-refractivity contribution < 1.29 is 0 Å². The number of aryl methyl sites for hydroxylation is 1. The van der Waals surface area contributed by atoms with Gasteiger partial charge in [-0.1, -0.05) is 6.07 Å². The zero-order valence-corrected chi connectivity index (χ0v) is 6.33. The lowest BCUT2D eigenvalue weighted by molar-refractivity contribution is 0.775. The van der Waals surface area contributed by atoms with Crippen molar-refractivity contribution in [1.82, 2.24) is 4.98 Å². The topological polar surface area (TPSA) is 38.9 Å². The van der Waals surface area contributed by atoms with Crippen LogP contribution in [0.2, 0.25) is 0 Å². The molecule has 2 heteroatoms. The Hall–Kier alpha value is -0.890. The van der Waals surface area contributed by atoms with Gasteiger partial charge in [-0.2, -0.15) is 0 Å². The normalized spacial score (nSPS) is 13.1. The van der Waals surface area contributed by atoms with Gasteiger partial charge in [0.1, 0.15) is 0 Å². The Labute approximate surface area is 61.1 Å². The van der Waals surface area contributed by atoms with E-state index in [4.69, 9.17) is 5.73 Å². The van der Waals surface area contributed by atoms with Crippen molar-refractivity contribution in [2.45, 2.75) is 19.9 Å². The first kappa shape index (κ1) is 7.22. The van der Waals surface area contributed by atoms with Gasteiger partial charge in [0, 0.05) is 11.7 Å². The number of rotatable bonds is 1. The molecule has 2 nitrogen and oxygen atoms in total. The molecule has 0 aliphatic rings. The molecule has 0 radical (unpaired) electrons. The number of pyridine rings is 1. The maximum Gasteiger partial charge on any atom is 0.0571 e. The molecule has 0 saturated heterocycles. The van der Waals surface area contributed by atoms with E-state index in [1.54, 1.807) is 0 Å². The van der Waals surface area contributed by atoms with Gasteiger partial charge < -0.3 is 5.73 Å². The van der Waals surface area contributed by atoms with Gasteiger partial charge in [-0.15, -0.1) is 0 Å². The summed E-state index contributed by atoms with van der Waals surface area (Å²) in [5.74, 6) is 0. The fraction of sp³-hybridized carbons (Fsp3) is 0.375. The zero-order valence-electron chi connectivity index (χ0n) is 6.33. The Morgan fingerprint density at radius 2 is 2.20 bits per heavy atom. The molecule has 0 spiro atoms. The first-order valence-corrected chi connectivity index (χ1v) is 3.39. The molecule has 0 fully saturated rings. The second kappa shape index (κ2) is 2.80. The van der Waals surface area contributed by atoms with E-state index in [2.05, 4.69) is 4.98 Å². The molecule has 1 rings (SSSR count). The third-order valence-electron chi connectivity index (χ3n) is 1.38. The van der Waals surface area contributed by atoms with Crippen molar-refractivity contribution in [2.75, 3.05) is 0 Å². The number of aromatic nitrogens is 1. The Morgan fingerprint density at radius 1 is 1.50 bits per heavy atom. The van der Waals surface area contributed by atoms with E-state index >= 15 is 0 Å². The summed E-state index contributed by atoms with van der Waals surface area (Å²) in [6.45, 7) is 3.90. The highest BCUT2D eigenvalue weighted by molar-refractivity contribution is 5.12. The van der Waals surface area contributed by atoms with E-state index in [1.807, 2.05) is 32.0 Å². The van der Waals surface area contributed by atoms with Gasteiger partial charge >= 0.3 is 0 Å². The van der Waals surface area contributed by atoms with Crippen LogP contribution >= 0.6 is 0 Å². The molecule has 0 aliphatic carbocycles. The smallest absolute Gasteiger partial charge is 0.0571 e. The Balaban J connectivity index is 2.96. The fourth-order valence-corrected chi connectivity index (χ4v) is 0.818. The predicted molar refractivity (Wildman–Crippen MR) is 41.6 cm³/mol. The lowest BCUT2D eigenvalue weighted by Crippen LogP contribution is -2.07. The second-order valence-electron chi connectivity index (χ2n) is 2.49. The number of hydrogen-bond acceptors (Lipinski definition) is 2. The van der Waals surface area contributed by atoms with Gasteiger partial charge in [0.2, 0.25) is 0 Å². The molecule has 0 saturated carbocycles. The van der Waals surface area contributed by atoms with Crippen LogP contribution in [0.3, 0.4) is 0 Å². The van der Waals surface area contributed by atoms with Gasteiger partial charge in [-0.3, -0.25) is 4.98 Å². The molecule has 1 aromatic rings. The Bertz CT molecular complexity index is 218. The summed E-state index contributed by atoms with van der Waals surface area (Å²) >= 11 is 0. The van der Waals surface area contributed by atoms with Gasteiger partial charge in [0.05, 0.1) is 5.69 Å². The molecule has 0 unspecified atom stereocenters. The third kappa shape index (κ3) is 1.54. The largest absolute Gasteiger partial charge is 0.323 e. The van der Waals surface area contributed by atoms with Crippen LogP contribution in [0.5, 0.6) is 0 Å². The summed E-state index contributed by atoms with van der Waals surface area (Å²) in [4.78, 5) is 4.25. The van der Waals surface area contributed by atoms with E-state index in [1.165, 1.54) is 0 Å². The minimum Gasteiger partial charge on any atom is -0.323 e. The Kier molecular flexibility index (Phi) is 2.02. The van der Waals surface area contributed by atoms with Crippen LogP contribution in [-0.4, -0.2) is 4.98 Å². The van der Waals surface area contributed by atoms with Crippen molar-refractivity contribution >= 4 is 0 Å². The van der Waals surface area contributed by atoms with Crippen LogP contribution < -0.4 is 5.73 Å². The molecule has 10 heavy (non-hydrogen) atoms. The third-order valence-corrected chi connectivity index (χ3v) is 1.38. The SMILES string of the molecule is Cc1cccc([C@H](C)N)n1. The lowest BCUT2D eigenvalue weighted by Gasteiger charge is -2.03. The second-order valence-corrected chi connectivity index (χ2v) is 2.49. The molecule has 0 amide bonds. The fourth-order valence-electron chi connectivity index (χ4n) is 0.818. The average molecular weight is 136 g/mol. The summed E-state index contributed by atoms with van der Waals surface area (Å²) < 4.78 is 0. The van der Waals surface area contributed by atoms with Crippen LogP contribution in [0, 0.1) is 6.92 Å². The maximum absolute atomic E-state index is 5.62. The van der Waals surface area contributed by atoms with Crippen molar-refractivity contribution in [2.24, 2.45) is 5.73 Å². The molecule has 0 aromatic carbocycles. The van der Waals surface area contributed by atoms with E-state index in [0.29, 0.717) is 0 Å². The van der Waals surface area contributed by atoms with Gasteiger partial charge in [0.15, 0.2) is 0 Å². The molecule has 1 heterocycles. The molecule has 0 aliphatic heterocycles. The summed E-state index contributed by atoms with van der Waals surface area (Å²) in [6, 6.07) is 5.92. The molecule has 0 bridgehead atoms. The quantitative estimate of drug-likeness (QED) is 0.634. The molecule has 54 valence electrons. The minimum atomic E-state index is 0.0416. The maximum atomic E-state index is 5.62. The summed E-state index contributed by atoms with van der Waals surface area (Å²) in [7, 11) is 0. The molecule has 2 N–H and O–H groups in total. The number of nitrogens with zero attached hydrogens (tertiary/aromatic N) is 1. The van der Waals surface area contributed by atoms with Gasteiger partial charge in [-0.05, 0) is 26.0 Å². The van der Waals surface area contributed by atoms with Gasteiger partial charge in [-0.25, -0.2) is 0 Å². The Morgan fingerprint density at radius 3 is 2.60 bits per heavy atom. The summed E-state index contributed by atoms with van der Waals surface area (Å²) in [6.07, 6.45) is 0. The molecular formula is C8H12N2. The van der Waals surface area contributed by atoms with E-state index in [-0.39, 0.29) is 6.04 Å². The zero-order chi connectivity index (χ0) is 7.56. The van der Waals surface area contributed by atoms with Crippen molar-refractivity contribution in [3.8, 4) is 0 Å². The van der Waals surface area contributed by atoms with Crippen molar-refractivity contribution in [3.05, 3.63) is 29.6 Å². The van der Waals surface area contributed by atoms with E-state index in [0.717, 1.165) is 11.4 Å². The first-order valence-electron chi connectivity index (χ1n) is 3.39. The van der Waals surface area contributed by atoms with Crippen molar-refractivity contribution in [3.63, 3.8) is 0 Å². The number of hydrogen-bond donors (Lipinski definition) is 1. The van der Waals surface area contributed by atoms with Crippen LogP contribution in [0.1, 0.15) is 24.4 Å². The van der Waals surface area contributed by atoms with Crippen LogP contribution in [0.25, 0.3) is 0 Å². The summed E-state index contributed by atoms with van der Waals surface area (Å²) in [5.41, 5.74) is 7.60. The average Bonchev–Trinajstić information content (AvgIpc) is 1.88. The highest BCUT2D eigenvalue weighted by atomic mass is 14.8. The predicted octanol–water partition coefficient (Wildman–Crippen LogP) is 1.41. The van der Waals surface area contributed by atoms with Crippen LogP contribution in [0.15, 0.2) is 18.2 Å². The standard InChI is InChI=1S/C8H12N2/c1-6-4-3-5-8(10-6)7(2)9/h3-5,7H,9H2,1-2H3/t7-/m0/s1. The first-order chi connectivity index (χ1) is 4.70. The highest BCUT2D eigenvalue weighted by Crippen LogP contribution is 2.05. The molecule has 1 atom stereocenters. The number of nitrogens with two attached hydrogens (primary N) is 1. The molecular weight excluding hydrogens is 124 g/mol. The van der Waals surface area contributed by atoms with Crippen LogP contribution in [-0.2, 0) is 0 Å². The minimum absolute atomic E-state index is 0.0416. The van der Waals surface area contributed by atoms with Gasteiger partial charge in [0.25, 0.3) is 0 Å².